The van der Waals surface area contributed by atoms with Crippen LogP contribution in [0.4, 0.5) is 10.5 Å². The summed E-state index contributed by atoms with van der Waals surface area (Å²) in [6.45, 7) is 0.817. The number of amides is 3. The number of rotatable bonds is 7. The minimum atomic E-state index is -0.326. The van der Waals surface area contributed by atoms with Crippen molar-refractivity contribution in [2.24, 2.45) is 0 Å². The Morgan fingerprint density at radius 1 is 0.964 bits per heavy atom. The molecule has 0 fully saturated rings. The minimum Gasteiger partial charge on any atom is -0.459 e. The van der Waals surface area contributed by atoms with E-state index in [1.54, 1.807) is 24.3 Å². The maximum absolute atomic E-state index is 12.0. The van der Waals surface area contributed by atoms with Gasteiger partial charge in [-0.15, -0.1) is 0 Å². The van der Waals surface area contributed by atoms with Crippen LogP contribution in [0.15, 0.2) is 71.3 Å². The van der Waals surface area contributed by atoms with Gasteiger partial charge in [-0.1, -0.05) is 41.9 Å². The molecule has 0 atom stereocenters. The maximum Gasteiger partial charge on any atom is 0.315 e. The largest absolute Gasteiger partial charge is 0.459 e. The number of carbonyl (C=O) groups is 2. The zero-order valence-corrected chi connectivity index (χ0v) is 15.8. The number of benzene rings is 2. The van der Waals surface area contributed by atoms with E-state index < -0.39 is 0 Å². The third kappa shape index (κ3) is 5.62. The van der Waals surface area contributed by atoms with Crippen LogP contribution in [0.3, 0.4) is 0 Å². The van der Waals surface area contributed by atoms with E-state index in [0.717, 1.165) is 11.1 Å². The average molecular weight is 398 g/mol. The second-order valence-corrected chi connectivity index (χ2v) is 6.49. The smallest absolute Gasteiger partial charge is 0.315 e. The third-order valence-electron chi connectivity index (χ3n) is 4.02. The van der Waals surface area contributed by atoms with E-state index in [0.29, 0.717) is 30.2 Å². The SMILES string of the molecule is O=C(NCCc1ccccc1Cl)NCc1cccc(NC(=O)c2ccco2)c1. The molecule has 1 aromatic heterocycles. The number of nitrogens with one attached hydrogen (secondary N) is 3. The molecule has 0 aliphatic rings. The van der Waals surface area contributed by atoms with Crippen molar-refractivity contribution in [2.45, 2.75) is 13.0 Å². The van der Waals surface area contributed by atoms with E-state index in [9.17, 15) is 9.59 Å². The Bertz CT molecular complexity index is 942. The molecular weight excluding hydrogens is 378 g/mol. The minimum absolute atomic E-state index is 0.237. The highest BCUT2D eigenvalue weighted by atomic mass is 35.5. The number of hydrogen-bond acceptors (Lipinski definition) is 3. The van der Waals surface area contributed by atoms with Gasteiger partial charge in [0.2, 0.25) is 0 Å². The fourth-order valence-electron chi connectivity index (χ4n) is 2.62. The van der Waals surface area contributed by atoms with Crippen LogP contribution >= 0.6 is 11.6 Å². The Hall–Kier alpha value is -3.25. The van der Waals surface area contributed by atoms with Crippen molar-refractivity contribution in [3.63, 3.8) is 0 Å². The predicted octanol–water partition coefficient (Wildman–Crippen LogP) is 4.23. The molecule has 3 N–H and O–H groups in total. The molecule has 3 rings (SSSR count). The summed E-state index contributed by atoms with van der Waals surface area (Å²) in [7, 11) is 0. The Morgan fingerprint density at radius 2 is 1.82 bits per heavy atom. The highest BCUT2D eigenvalue weighted by molar-refractivity contribution is 6.31. The second-order valence-electron chi connectivity index (χ2n) is 6.08. The summed E-state index contributed by atoms with van der Waals surface area (Å²) in [5, 5.41) is 9.05. The van der Waals surface area contributed by atoms with E-state index in [2.05, 4.69) is 16.0 Å². The van der Waals surface area contributed by atoms with Crippen LogP contribution in [0.5, 0.6) is 0 Å². The first-order chi connectivity index (χ1) is 13.6. The van der Waals surface area contributed by atoms with E-state index in [4.69, 9.17) is 16.0 Å². The van der Waals surface area contributed by atoms with Crippen LogP contribution in [0, 0.1) is 0 Å². The molecule has 0 aliphatic heterocycles. The topological polar surface area (TPSA) is 83.4 Å². The summed E-state index contributed by atoms with van der Waals surface area (Å²) in [5.41, 5.74) is 2.47. The lowest BCUT2D eigenvalue weighted by molar-refractivity contribution is 0.0996. The Morgan fingerprint density at radius 3 is 2.61 bits per heavy atom. The summed E-state index contributed by atoms with van der Waals surface area (Å²) in [6, 6.07) is 17.8. The monoisotopic (exact) mass is 397 g/mol. The molecule has 0 aliphatic carbocycles. The highest BCUT2D eigenvalue weighted by Crippen LogP contribution is 2.15. The van der Waals surface area contributed by atoms with Crippen LogP contribution in [0.25, 0.3) is 0 Å². The fraction of sp³-hybridized carbons (Fsp3) is 0.143. The van der Waals surface area contributed by atoms with E-state index in [-0.39, 0.29) is 17.7 Å². The zero-order valence-electron chi connectivity index (χ0n) is 15.1. The quantitative estimate of drug-likeness (QED) is 0.558. The maximum atomic E-state index is 12.0. The van der Waals surface area contributed by atoms with E-state index in [1.165, 1.54) is 6.26 Å². The van der Waals surface area contributed by atoms with Gasteiger partial charge in [0.1, 0.15) is 0 Å². The van der Waals surface area contributed by atoms with Crippen molar-refractivity contribution in [3.8, 4) is 0 Å². The van der Waals surface area contributed by atoms with E-state index in [1.807, 2.05) is 36.4 Å². The van der Waals surface area contributed by atoms with Gasteiger partial charge in [0, 0.05) is 23.8 Å². The molecule has 28 heavy (non-hydrogen) atoms. The first kappa shape index (κ1) is 19.5. The number of hydrogen-bond donors (Lipinski definition) is 3. The van der Waals surface area contributed by atoms with Crippen LogP contribution in [-0.2, 0) is 13.0 Å². The van der Waals surface area contributed by atoms with Crippen LogP contribution < -0.4 is 16.0 Å². The lowest BCUT2D eigenvalue weighted by atomic mass is 10.1. The molecule has 0 saturated heterocycles. The molecule has 0 radical (unpaired) electrons. The molecule has 7 heteroatoms. The van der Waals surface area contributed by atoms with Crippen LogP contribution in [-0.4, -0.2) is 18.5 Å². The van der Waals surface area contributed by atoms with Gasteiger partial charge in [-0.25, -0.2) is 4.79 Å². The second kappa shape index (κ2) is 9.62. The normalized spacial score (nSPS) is 10.3. The number of anilines is 1. The molecule has 1 heterocycles. The first-order valence-electron chi connectivity index (χ1n) is 8.81. The lowest BCUT2D eigenvalue weighted by Gasteiger charge is -2.10. The summed E-state index contributed by atoms with van der Waals surface area (Å²) in [5.74, 6) is -0.0890. The molecule has 3 aromatic rings. The molecule has 2 aromatic carbocycles. The summed E-state index contributed by atoms with van der Waals surface area (Å²) < 4.78 is 5.07. The van der Waals surface area contributed by atoms with Crippen molar-refractivity contribution in [1.82, 2.24) is 10.6 Å². The lowest BCUT2D eigenvalue weighted by Crippen LogP contribution is -2.36. The van der Waals surface area contributed by atoms with Crippen molar-refractivity contribution in [2.75, 3.05) is 11.9 Å². The summed E-state index contributed by atoms with van der Waals surface area (Å²) >= 11 is 6.10. The Labute approximate surface area is 167 Å². The number of furan rings is 1. The molecular formula is C21H20ClN3O3. The van der Waals surface area contributed by atoms with Crippen LogP contribution in [0.2, 0.25) is 5.02 Å². The average Bonchev–Trinajstić information content (AvgIpc) is 3.23. The van der Waals surface area contributed by atoms with Crippen LogP contribution in [0.1, 0.15) is 21.7 Å². The van der Waals surface area contributed by atoms with Gasteiger partial charge in [-0.3, -0.25) is 4.79 Å². The molecule has 0 saturated carbocycles. The first-order valence-corrected chi connectivity index (χ1v) is 9.18. The van der Waals surface area contributed by atoms with Crippen molar-refractivity contribution >= 4 is 29.2 Å². The van der Waals surface area contributed by atoms with Gasteiger partial charge in [0.05, 0.1) is 6.26 Å². The summed E-state index contributed by atoms with van der Waals surface area (Å²) in [6.07, 6.45) is 2.10. The third-order valence-corrected chi connectivity index (χ3v) is 4.39. The van der Waals surface area contributed by atoms with Gasteiger partial charge in [-0.05, 0) is 47.9 Å². The zero-order chi connectivity index (χ0) is 19.8. The molecule has 0 spiro atoms. The molecule has 3 amide bonds. The van der Waals surface area contributed by atoms with Gasteiger partial charge in [0.25, 0.3) is 5.91 Å². The standard InChI is InChI=1S/C21H20ClN3O3/c22-18-8-2-1-6-16(18)10-11-23-21(27)24-14-15-5-3-7-17(13-15)25-20(26)19-9-4-12-28-19/h1-9,12-13H,10-11,14H2,(H,25,26)(H2,23,24,27). The fourth-order valence-corrected chi connectivity index (χ4v) is 2.85. The predicted molar refractivity (Wildman–Crippen MR) is 108 cm³/mol. The van der Waals surface area contributed by atoms with Crippen molar-refractivity contribution in [3.05, 3.63) is 88.8 Å². The van der Waals surface area contributed by atoms with Gasteiger partial charge in [-0.2, -0.15) is 0 Å². The Balaban J connectivity index is 1.44. The van der Waals surface area contributed by atoms with Crippen molar-refractivity contribution in [1.29, 1.82) is 0 Å². The molecule has 0 bridgehead atoms. The molecule has 6 nitrogen and oxygen atoms in total. The van der Waals surface area contributed by atoms with Gasteiger partial charge in [0.15, 0.2) is 5.76 Å². The number of carbonyl (C=O) groups excluding carboxylic acids is 2. The number of urea groups is 1. The van der Waals surface area contributed by atoms with Gasteiger partial charge < -0.3 is 20.4 Å². The summed E-state index contributed by atoms with van der Waals surface area (Å²) in [4.78, 5) is 24.0. The number of halogens is 1. The molecule has 144 valence electrons. The van der Waals surface area contributed by atoms with Crippen molar-refractivity contribution < 1.29 is 14.0 Å². The van der Waals surface area contributed by atoms with Gasteiger partial charge >= 0.3 is 6.03 Å². The Kier molecular flexibility index (Phi) is 6.70. The highest BCUT2D eigenvalue weighted by Gasteiger charge is 2.09. The van der Waals surface area contributed by atoms with E-state index >= 15 is 0 Å². The molecule has 0 unspecified atom stereocenters.